The molecule has 0 aliphatic carbocycles. The van der Waals surface area contributed by atoms with Crippen molar-refractivity contribution in [3.8, 4) is 0 Å². The van der Waals surface area contributed by atoms with Gasteiger partial charge < -0.3 is 30.1 Å². The Morgan fingerprint density at radius 2 is 1.51 bits per heavy atom. The third-order valence-corrected chi connectivity index (χ3v) is 8.21. The van der Waals surface area contributed by atoms with Crippen LogP contribution in [0, 0.1) is 17.8 Å². The third-order valence-electron chi connectivity index (χ3n) is 8.21. The second kappa shape index (κ2) is 21.5. The number of aliphatic hydroxyl groups is 1. The Labute approximate surface area is 269 Å². The number of nitrogens with zero attached hydrogens (tertiary/aromatic N) is 1. The maximum Gasteiger partial charge on any atom is 0.337 e. The summed E-state index contributed by atoms with van der Waals surface area (Å²) in [5.74, 6) is -4.45. The Morgan fingerprint density at radius 1 is 0.978 bits per heavy atom. The number of likely N-dealkylation sites (N-methyl/N-ethyl adjacent to an activating group) is 1. The van der Waals surface area contributed by atoms with E-state index in [1.807, 2.05) is 6.92 Å². The average Bonchev–Trinajstić information content (AvgIpc) is 2.99. The average molecular weight is 636 g/mol. The number of ether oxygens (including phenoxy) is 2. The molecule has 1 aliphatic rings. The number of unbranched alkanes of at least 4 members (excludes halogenated alkanes) is 9. The highest BCUT2D eigenvalue weighted by molar-refractivity contribution is 5.94. The number of hydrogen-bond donors (Lipinski definition) is 3. The molecule has 0 radical (unpaired) electrons. The molecule has 11 heteroatoms. The lowest BCUT2D eigenvalue weighted by Crippen LogP contribution is -2.56. The molecule has 0 aromatic rings. The van der Waals surface area contributed by atoms with Gasteiger partial charge in [0.05, 0.1) is 19.6 Å². The molecular formula is C34H57N3O8. The van der Waals surface area contributed by atoms with Crippen molar-refractivity contribution in [1.29, 1.82) is 0 Å². The van der Waals surface area contributed by atoms with Crippen LogP contribution in [0.15, 0.2) is 24.4 Å². The van der Waals surface area contributed by atoms with Gasteiger partial charge in [-0.05, 0) is 24.3 Å². The van der Waals surface area contributed by atoms with Crippen LogP contribution in [0.25, 0.3) is 0 Å². The number of methoxy groups -OCH3 is 1. The molecule has 3 N–H and O–H groups in total. The number of carbonyl (C=O) groups is 5. The minimum atomic E-state index is -2.07. The zero-order chi connectivity index (χ0) is 33.9. The summed E-state index contributed by atoms with van der Waals surface area (Å²) in [7, 11) is 2.38. The van der Waals surface area contributed by atoms with Gasteiger partial charge in [0.25, 0.3) is 0 Å². The van der Waals surface area contributed by atoms with E-state index in [1.54, 1.807) is 6.92 Å². The first-order chi connectivity index (χ1) is 21.3. The summed E-state index contributed by atoms with van der Waals surface area (Å²) in [5.41, 5.74) is 0.153. The van der Waals surface area contributed by atoms with Gasteiger partial charge in [-0.3, -0.25) is 14.4 Å². The Bertz CT molecular complexity index is 1010. The van der Waals surface area contributed by atoms with E-state index in [0.717, 1.165) is 49.7 Å². The first-order valence-electron chi connectivity index (χ1n) is 16.5. The second-order valence-electron chi connectivity index (χ2n) is 12.7. The minimum Gasteiger partial charge on any atom is -0.467 e. The van der Waals surface area contributed by atoms with Crippen molar-refractivity contribution >= 4 is 29.7 Å². The SMILES string of the molecule is C=C1/C=C/C(=O)N(C)CC(=O)N[C@@H]([C@H](O)C(=O)OC)C(=O)O[C@@H]([C@H](C)CCCCCCCCCCCCC(C)C)[C@H](C)C(=O)N1. The topological polar surface area (TPSA) is 151 Å². The van der Waals surface area contributed by atoms with Crippen LogP contribution in [-0.2, 0) is 33.4 Å². The van der Waals surface area contributed by atoms with Gasteiger partial charge in [-0.2, -0.15) is 0 Å². The van der Waals surface area contributed by atoms with Gasteiger partial charge in [-0.25, -0.2) is 9.59 Å². The molecule has 0 aromatic heterocycles. The van der Waals surface area contributed by atoms with Crippen molar-refractivity contribution in [2.45, 2.75) is 123 Å². The molecule has 1 aliphatic heterocycles. The summed E-state index contributed by atoms with van der Waals surface area (Å²) in [4.78, 5) is 64.9. The standard InChI is InChI=1S/C34H57N3O8/c1-23(2)18-16-14-12-10-8-9-11-13-15-17-19-24(3)31-26(5)32(41)35-25(4)20-21-28(39)37(6)22-27(38)36-29(33(42)45-31)30(40)34(43)44-7/h20-21,23-24,26,29-31,40H,4,8-19,22H2,1-3,5-7H3,(H,35,41)(H,36,38)/b21-20+/t24-,26+,29+,30+,31+/m1/s1. The molecule has 1 rings (SSSR count). The number of nitrogens with one attached hydrogen (secondary N) is 2. The Balaban J connectivity index is 2.90. The lowest BCUT2D eigenvalue weighted by molar-refractivity contribution is -0.169. The van der Waals surface area contributed by atoms with Crippen LogP contribution in [0.1, 0.15) is 105 Å². The molecule has 0 bridgehead atoms. The normalized spacial score (nSPS) is 22.5. The molecule has 3 amide bonds. The molecule has 0 spiro atoms. The summed E-state index contributed by atoms with van der Waals surface area (Å²) in [6, 6.07) is -1.82. The number of hydrogen-bond acceptors (Lipinski definition) is 8. The van der Waals surface area contributed by atoms with Crippen LogP contribution in [0.3, 0.4) is 0 Å². The number of esters is 2. The number of cyclic esters (lactones) is 1. The maximum atomic E-state index is 13.4. The number of allylic oxidation sites excluding steroid dienone is 1. The fourth-order valence-electron chi connectivity index (χ4n) is 5.31. The van der Waals surface area contributed by atoms with Crippen molar-refractivity contribution in [2.24, 2.45) is 17.8 Å². The van der Waals surface area contributed by atoms with Gasteiger partial charge in [0.1, 0.15) is 6.10 Å². The van der Waals surface area contributed by atoms with Crippen LogP contribution in [0.5, 0.6) is 0 Å². The van der Waals surface area contributed by atoms with Crippen LogP contribution < -0.4 is 10.6 Å². The molecule has 11 nitrogen and oxygen atoms in total. The zero-order valence-electron chi connectivity index (χ0n) is 28.3. The molecular weight excluding hydrogens is 578 g/mol. The summed E-state index contributed by atoms with van der Waals surface area (Å²) in [5, 5.41) is 15.5. The van der Waals surface area contributed by atoms with E-state index in [2.05, 4.69) is 35.8 Å². The molecule has 45 heavy (non-hydrogen) atoms. The van der Waals surface area contributed by atoms with E-state index < -0.39 is 60.4 Å². The molecule has 0 aromatic carbocycles. The summed E-state index contributed by atoms with van der Waals surface area (Å²) < 4.78 is 10.4. The van der Waals surface area contributed by atoms with Crippen LogP contribution >= 0.6 is 0 Å². The van der Waals surface area contributed by atoms with Gasteiger partial charge >= 0.3 is 11.9 Å². The summed E-state index contributed by atoms with van der Waals surface area (Å²) in [6.45, 7) is 11.3. The van der Waals surface area contributed by atoms with E-state index in [4.69, 9.17) is 4.74 Å². The molecule has 0 fully saturated rings. The first-order valence-corrected chi connectivity index (χ1v) is 16.5. The minimum absolute atomic E-state index is 0.153. The number of carbonyl (C=O) groups excluding carboxylic acids is 5. The zero-order valence-corrected chi connectivity index (χ0v) is 28.3. The lowest BCUT2D eigenvalue weighted by atomic mass is 9.88. The predicted octanol–water partition coefficient (Wildman–Crippen LogP) is 4.18. The fraction of sp³-hybridized carbons (Fsp3) is 0.735. The van der Waals surface area contributed by atoms with Crippen molar-refractivity contribution in [3.63, 3.8) is 0 Å². The van der Waals surface area contributed by atoms with Crippen molar-refractivity contribution in [2.75, 3.05) is 20.7 Å². The monoisotopic (exact) mass is 635 g/mol. The Hall–Kier alpha value is -3.21. The highest BCUT2D eigenvalue weighted by Crippen LogP contribution is 2.25. The molecule has 256 valence electrons. The molecule has 0 saturated heterocycles. The summed E-state index contributed by atoms with van der Waals surface area (Å²) in [6.07, 6.45) is 13.3. The van der Waals surface area contributed by atoms with Crippen molar-refractivity contribution < 1.29 is 38.6 Å². The van der Waals surface area contributed by atoms with E-state index in [0.29, 0.717) is 6.42 Å². The van der Waals surface area contributed by atoms with Gasteiger partial charge in [-0.1, -0.05) is 105 Å². The molecule has 1 heterocycles. The van der Waals surface area contributed by atoms with Gasteiger partial charge in [-0.15, -0.1) is 0 Å². The fourth-order valence-corrected chi connectivity index (χ4v) is 5.31. The van der Waals surface area contributed by atoms with E-state index in [1.165, 1.54) is 58.1 Å². The van der Waals surface area contributed by atoms with Crippen LogP contribution in [0.2, 0.25) is 0 Å². The van der Waals surface area contributed by atoms with Crippen molar-refractivity contribution in [3.05, 3.63) is 24.4 Å². The second-order valence-corrected chi connectivity index (χ2v) is 12.7. The maximum absolute atomic E-state index is 13.4. The van der Waals surface area contributed by atoms with Gasteiger partial charge in [0.15, 0.2) is 12.1 Å². The molecule has 0 saturated carbocycles. The highest BCUT2D eigenvalue weighted by atomic mass is 16.6. The van der Waals surface area contributed by atoms with Crippen LogP contribution in [0.4, 0.5) is 0 Å². The number of rotatable bonds is 16. The van der Waals surface area contributed by atoms with E-state index in [9.17, 15) is 29.1 Å². The number of amides is 3. The van der Waals surface area contributed by atoms with E-state index >= 15 is 0 Å². The highest BCUT2D eigenvalue weighted by Gasteiger charge is 2.40. The largest absolute Gasteiger partial charge is 0.467 e. The Morgan fingerprint density at radius 3 is 2.04 bits per heavy atom. The van der Waals surface area contributed by atoms with E-state index in [-0.39, 0.29) is 11.6 Å². The van der Waals surface area contributed by atoms with Crippen molar-refractivity contribution in [1.82, 2.24) is 15.5 Å². The quantitative estimate of drug-likeness (QED) is 0.169. The Kier molecular flexibility index (Phi) is 19.0. The summed E-state index contributed by atoms with van der Waals surface area (Å²) >= 11 is 0. The van der Waals surface area contributed by atoms with Crippen LogP contribution in [-0.4, -0.2) is 78.6 Å². The lowest BCUT2D eigenvalue weighted by Gasteiger charge is -2.31. The number of aliphatic hydroxyl groups excluding tert-OH is 1. The van der Waals surface area contributed by atoms with Gasteiger partial charge in [0.2, 0.25) is 17.7 Å². The predicted molar refractivity (Wildman–Crippen MR) is 172 cm³/mol. The molecule has 0 unspecified atom stereocenters. The molecule has 5 atom stereocenters. The smallest absolute Gasteiger partial charge is 0.337 e. The van der Waals surface area contributed by atoms with Gasteiger partial charge in [0, 0.05) is 18.8 Å². The third kappa shape index (κ3) is 15.6. The first kappa shape index (κ1) is 39.8.